The molecule has 2 rings (SSSR count). The molecule has 0 spiro atoms. The molecule has 15 heteroatoms. The number of nitrogens with one attached hydrogen (secondary N) is 2. The van der Waals surface area contributed by atoms with Gasteiger partial charge in [0.25, 0.3) is 5.56 Å². The Balaban J connectivity index is 0.00000882. The Bertz CT molecular complexity index is 1240. The van der Waals surface area contributed by atoms with Crippen molar-refractivity contribution in [2.24, 2.45) is 0 Å². The summed E-state index contributed by atoms with van der Waals surface area (Å²) in [4.78, 5) is 57.7. The Labute approximate surface area is 265 Å². The van der Waals surface area contributed by atoms with Crippen molar-refractivity contribution < 1.29 is 24.1 Å². The van der Waals surface area contributed by atoms with Crippen molar-refractivity contribution in [1.82, 2.24) is 30.1 Å². The number of Topliss-reactive ketones (excluding diaryl/α,β-unsaturated/α-hetero) is 1. The maximum absolute atomic E-state index is 13.7. The van der Waals surface area contributed by atoms with Gasteiger partial charge >= 0.3 is 5.97 Å². The topological polar surface area (TPSA) is 173 Å². The van der Waals surface area contributed by atoms with E-state index in [2.05, 4.69) is 32.9 Å². The second-order valence-corrected chi connectivity index (χ2v) is 11.3. The first-order valence-corrected chi connectivity index (χ1v) is 14.2. The number of likely N-dealkylation sites (N-methyl/N-ethyl adjacent to an activating group) is 1. The zero-order chi connectivity index (χ0) is 30.7. The smallest absolute Gasteiger partial charge is 0.303 e. The van der Waals surface area contributed by atoms with Crippen molar-refractivity contribution in [3.63, 3.8) is 0 Å². The number of amides is 1. The Morgan fingerprint density at radius 1 is 1.09 bits per heavy atom. The highest BCUT2D eigenvalue weighted by atomic mass is 35.5. The van der Waals surface area contributed by atoms with E-state index in [1.165, 1.54) is 4.57 Å². The number of carbonyl (C=O) groups is 3. The number of hydrogen-bond donors (Lipinski definition) is 3. The number of unbranched alkanes of at least 4 members (excludes halogenated alkanes) is 3. The summed E-state index contributed by atoms with van der Waals surface area (Å²) in [6.07, 6.45) is 4.20. The normalized spacial score (nSPS) is 12.6. The van der Waals surface area contributed by atoms with E-state index >= 15 is 0 Å². The van der Waals surface area contributed by atoms with Gasteiger partial charge in [0, 0.05) is 24.6 Å². The lowest BCUT2D eigenvalue weighted by Gasteiger charge is -2.30. The van der Waals surface area contributed by atoms with Gasteiger partial charge in [-0.1, -0.05) is 64.2 Å². The molecule has 1 amide bonds. The van der Waals surface area contributed by atoms with Crippen molar-refractivity contribution in [2.75, 3.05) is 18.9 Å². The molecule has 2 aromatic heterocycles. The van der Waals surface area contributed by atoms with E-state index in [4.69, 9.17) is 9.74 Å². The van der Waals surface area contributed by atoms with E-state index in [0.717, 1.165) is 25.7 Å². The quantitative estimate of drug-likeness (QED) is 0.167. The number of anilines is 1. The number of carbonyl (C=O) groups excluding carboxylic acids is 2. The second kappa shape index (κ2) is 18.6. The number of aryl methyl sites for hydroxylation is 1. The summed E-state index contributed by atoms with van der Waals surface area (Å²) in [7, 11) is 1.73. The number of hydrogen-bond acceptors (Lipinski definition) is 10. The number of rotatable bonds is 17. The first-order chi connectivity index (χ1) is 19.3. The Hall–Kier alpha value is -3.03. The molecule has 2 heterocycles. The van der Waals surface area contributed by atoms with E-state index in [1.807, 2.05) is 20.8 Å². The first kappa shape index (κ1) is 40.0. The summed E-state index contributed by atoms with van der Waals surface area (Å²) >= 11 is 0. The molecule has 0 aromatic carbocycles. The number of aliphatic carboxylic acids is 1. The van der Waals surface area contributed by atoms with Crippen LogP contribution in [0.3, 0.4) is 0 Å². The molecule has 2 aromatic rings. The molecular formula is C28H47Cl2N7O6. The first-order valence-electron chi connectivity index (χ1n) is 14.2. The number of halogens is 2. The SMILES string of the molecule is CCCCCCN(C)[C@H](NC(=O)[C@H](CC)n1cc(C(C)(C)C)nc(NCc2nonc2C)c1=O)C(=O)CCC(=O)O.Cl.Cl. The maximum Gasteiger partial charge on any atom is 0.303 e. The van der Waals surface area contributed by atoms with Gasteiger partial charge in [0.1, 0.15) is 23.6 Å². The van der Waals surface area contributed by atoms with Crippen LogP contribution in [0.5, 0.6) is 0 Å². The summed E-state index contributed by atoms with van der Waals surface area (Å²) in [5.41, 5.74) is 0.736. The predicted molar refractivity (Wildman–Crippen MR) is 168 cm³/mol. The third-order valence-electron chi connectivity index (χ3n) is 6.87. The molecule has 3 N–H and O–H groups in total. The van der Waals surface area contributed by atoms with Gasteiger partial charge in [-0.05, 0) is 26.8 Å². The Morgan fingerprint density at radius 2 is 1.77 bits per heavy atom. The van der Waals surface area contributed by atoms with Gasteiger partial charge in [0.15, 0.2) is 11.6 Å². The zero-order valence-electron chi connectivity index (χ0n) is 26.1. The van der Waals surface area contributed by atoms with Crippen LogP contribution in [0.15, 0.2) is 15.6 Å². The number of aromatic nitrogens is 4. The zero-order valence-corrected chi connectivity index (χ0v) is 27.8. The van der Waals surface area contributed by atoms with Crippen molar-refractivity contribution in [1.29, 1.82) is 0 Å². The standard InChI is InChI=1S/C28H45N7O6.2ClH/c1-8-10-11-12-15-34(7)25(21(36)13-14-23(37)38)31-26(39)20(9-2)35-17-22(28(4,5)6)30-24(27(35)40)29-16-19-18(3)32-41-33-19;;/h17,20,25H,8-16H2,1-7H3,(H,29,30)(H,31,39)(H,37,38);2*1H/t20-,25-;;/m0../s1. The minimum atomic E-state index is -1.09. The predicted octanol–water partition coefficient (Wildman–Crippen LogP) is 4.03. The highest BCUT2D eigenvalue weighted by molar-refractivity contribution is 5.91. The van der Waals surface area contributed by atoms with Crippen molar-refractivity contribution >= 4 is 48.3 Å². The number of ketones is 1. The summed E-state index contributed by atoms with van der Waals surface area (Å²) in [6.45, 7) is 12.2. The van der Waals surface area contributed by atoms with Gasteiger partial charge in [0.05, 0.1) is 18.7 Å². The molecule has 0 unspecified atom stereocenters. The van der Waals surface area contributed by atoms with Gasteiger partial charge in [-0.25, -0.2) is 9.61 Å². The molecular weight excluding hydrogens is 601 g/mol. The molecule has 0 aliphatic heterocycles. The van der Waals surface area contributed by atoms with E-state index in [-0.39, 0.29) is 56.4 Å². The van der Waals surface area contributed by atoms with E-state index < -0.39 is 40.8 Å². The van der Waals surface area contributed by atoms with Crippen LogP contribution in [0.4, 0.5) is 5.82 Å². The molecule has 13 nitrogen and oxygen atoms in total. The summed E-state index contributed by atoms with van der Waals surface area (Å²) < 4.78 is 6.08. The average Bonchev–Trinajstić information content (AvgIpc) is 3.32. The van der Waals surface area contributed by atoms with Crippen LogP contribution >= 0.6 is 24.8 Å². The molecule has 244 valence electrons. The van der Waals surface area contributed by atoms with Gasteiger partial charge < -0.3 is 15.7 Å². The van der Waals surface area contributed by atoms with Crippen LogP contribution in [-0.4, -0.2) is 67.3 Å². The van der Waals surface area contributed by atoms with Crippen LogP contribution in [0.1, 0.15) is 103 Å². The summed E-state index contributed by atoms with van der Waals surface area (Å²) in [5, 5.41) is 22.5. The molecule has 0 bridgehead atoms. The molecule has 0 fully saturated rings. The molecule has 43 heavy (non-hydrogen) atoms. The Morgan fingerprint density at radius 3 is 2.30 bits per heavy atom. The summed E-state index contributed by atoms with van der Waals surface area (Å²) in [5.74, 6) is -1.95. The van der Waals surface area contributed by atoms with Crippen molar-refractivity contribution in [3.8, 4) is 0 Å². The molecule has 0 saturated heterocycles. The molecule has 2 atom stereocenters. The molecule has 0 radical (unpaired) electrons. The van der Waals surface area contributed by atoms with Crippen molar-refractivity contribution in [2.45, 2.75) is 111 Å². The summed E-state index contributed by atoms with van der Waals surface area (Å²) in [6, 6.07) is -0.939. The lowest BCUT2D eigenvalue weighted by Crippen LogP contribution is -2.54. The van der Waals surface area contributed by atoms with E-state index in [1.54, 1.807) is 32.0 Å². The number of carboxylic acid groups (broad SMARTS) is 1. The fraction of sp³-hybridized carbons (Fsp3) is 0.679. The monoisotopic (exact) mass is 647 g/mol. The van der Waals surface area contributed by atoms with E-state index in [9.17, 15) is 19.2 Å². The lowest BCUT2D eigenvalue weighted by atomic mass is 9.92. The van der Waals surface area contributed by atoms with Crippen molar-refractivity contribution in [3.05, 3.63) is 33.6 Å². The third kappa shape index (κ3) is 11.9. The maximum atomic E-state index is 13.7. The molecule has 0 aliphatic carbocycles. The minimum Gasteiger partial charge on any atom is -0.481 e. The van der Waals surface area contributed by atoms with Gasteiger partial charge in [-0.2, -0.15) is 0 Å². The second-order valence-electron chi connectivity index (χ2n) is 11.3. The number of nitrogens with zero attached hydrogens (tertiary/aromatic N) is 5. The van der Waals surface area contributed by atoms with Crippen LogP contribution in [0, 0.1) is 6.92 Å². The van der Waals surface area contributed by atoms with Crippen LogP contribution < -0.4 is 16.2 Å². The fourth-order valence-electron chi connectivity index (χ4n) is 4.25. The third-order valence-corrected chi connectivity index (χ3v) is 6.87. The van der Waals surface area contributed by atoms with Gasteiger partial charge in [0.2, 0.25) is 5.91 Å². The molecule has 0 aliphatic rings. The van der Waals surface area contributed by atoms with E-state index in [0.29, 0.717) is 23.6 Å². The lowest BCUT2D eigenvalue weighted by molar-refractivity contribution is -0.139. The fourth-order valence-corrected chi connectivity index (χ4v) is 4.25. The van der Waals surface area contributed by atoms with Gasteiger partial charge in [-0.3, -0.25) is 28.6 Å². The van der Waals surface area contributed by atoms with Gasteiger partial charge in [-0.15, -0.1) is 24.8 Å². The molecule has 0 saturated carbocycles. The average molecular weight is 649 g/mol. The number of carboxylic acids is 1. The van der Waals surface area contributed by atoms with Crippen LogP contribution in [0.25, 0.3) is 0 Å². The Kier molecular flexibility index (Phi) is 17.3. The largest absolute Gasteiger partial charge is 0.481 e. The minimum absolute atomic E-state index is 0. The highest BCUT2D eigenvalue weighted by Crippen LogP contribution is 2.22. The van der Waals surface area contributed by atoms with Crippen LogP contribution in [-0.2, 0) is 26.3 Å². The highest BCUT2D eigenvalue weighted by Gasteiger charge is 2.30. The van der Waals surface area contributed by atoms with Crippen LogP contribution in [0.2, 0.25) is 0 Å².